The average molecular weight is 281 g/mol. The van der Waals surface area contributed by atoms with E-state index in [2.05, 4.69) is 25.4 Å². The van der Waals surface area contributed by atoms with Crippen LogP contribution in [0.1, 0.15) is 32.3 Å². The summed E-state index contributed by atoms with van der Waals surface area (Å²) in [6.07, 6.45) is 4.37. The molecule has 0 unspecified atom stereocenters. The Balaban J connectivity index is 2.55. The van der Waals surface area contributed by atoms with Gasteiger partial charge in [-0.2, -0.15) is 11.8 Å². The lowest BCUT2D eigenvalue weighted by molar-refractivity contribution is -0.120. The van der Waals surface area contributed by atoms with Crippen molar-refractivity contribution in [1.29, 1.82) is 0 Å². The van der Waals surface area contributed by atoms with E-state index in [0.717, 1.165) is 12.8 Å². The molecule has 0 heterocycles. The Morgan fingerprint density at radius 2 is 1.95 bits per heavy atom. The lowest BCUT2D eigenvalue weighted by atomic mass is 10.0. The highest BCUT2D eigenvalue weighted by Gasteiger charge is 2.25. The Bertz CT molecular complexity index is 408. The Kier molecular flexibility index (Phi) is 6.22. The van der Waals surface area contributed by atoms with Crippen LogP contribution >= 0.6 is 11.8 Å². The molecule has 4 heteroatoms. The fourth-order valence-electron chi connectivity index (χ4n) is 2.02. The molecule has 2 N–H and O–H groups in total. The summed E-state index contributed by atoms with van der Waals surface area (Å²) in [5, 5.41) is 12.6. The van der Waals surface area contributed by atoms with Crippen LogP contribution < -0.4 is 5.32 Å². The van der Waals surface area contributed by atoms with E-state index in [-0.39, 0.29) is 22.8 Å². The molecule has 0 aliphatic rings. The minimum atomic E-state index is -0.0400. The molecule has 0 saturated heterocycles. The van der Waals surface area contributed by atoms with Gasteiger partial charge in [0.05, 0.1) is 6.42 Å². The minimum absolute atomic E-state index is 0.0400. The average Bonchev–Trinajstić information content (AvgIpc) is 2.44. The third-order valence-electron chi connectivity index (χ3n) is 3.67. The van der Waals surface area contributed by atoms with Crippen LogP contribution in [-0.4, -0.2) is 28.6 Å². The van der Waals surface area contributed by atoms with Gasteiger partial charge in [0.2, 0.25) is 5.91 Å². The van der Waals surface area contributed by atoms with Gasteiger partial charge in [0.15, 0.2) is 0 Å². The number of carbonyl (C=O) groups is 1. The zero-order valence-corrected chi connectivity index (χ0v) is 12.7. The first-order valence-electron chi connectivity index (χ1n) is 6.65. The number of hydrogen-bond donors (Lipinski definition) is 2. The summed E-state index contributed by atoms with van der Waals surface area (Å²) in [5.41, 5.74) is 0.669. The van der Waals surface area contributed by atoms with Crippen LogP contribution in [0, 0.1) is 0 Å². The minimum Gasteiger partial charge on any atom is -0.508 e. The number of nitrogens with one attached hydrogen (secondary N) is 1. The molecular formula is C15H23NO2S. The molecule has 0 aliphatic carbocycles. The molecule has 19 heavy (non-hydrogen) atoms. The van der Waals surface area contributed by atoms with Crippen LogP contribution in [-0.2, 0) is 11.2 Å². The lowest BCUT2D eigenvalue weighted by Gasteiger charge is -2.29. The van der Waals surface area contributed by atoms with Crippen molar-refractivity contribution in [2.24, 2.45) is 0 Å². The van der Waals surface area contributed by atoms with Gasteiger partial charge in [0.25, 0.3) is 0 Å². The summed E-state index contributed by atoms with van der Waals surface area (Å²) in [4.78, 5) is 11.9. The van der Waals surface area contributed by atoms with Crippen LogP contribution in [0.2, 0.25) is 0 Å². The van der Waals surface area contributed by atoms with E-state index in [0.29, 0.717) is 12.1 Å². The molecule has 0 aliphatic heterocycles. The molecule has 0 saturated carbocycles. The first-order chi connectivity index (χ1) is 9.06. The molecular weight excluding hydrogens is 258 g/mol. The maximum Gasteiger partial charge on any atom is 0.224 e. The Morgan fingerprint density at radius 1 is 1.32 bits per heavy atom. The first-order valence-corrected chi connectivity index (χ1v) is 7.88. The molecule has 106 valence electrons. The van der Waals surface area contributed by atoms with Crippen molar-refractivity contribution >= 4 is 17.7 Å². The third kappa shape index (κ3) is 4.46. The van der Waals surface area contributed by atoms with E-state index < -0.39 is 0 Å². The Hall–Kier alpha value is -1.16. The van der Waals surface area contributed by atoms with Crippen LogP contribution in [0.3, 0.4) is 0 Å². The fourth-order valence-corrected chi connectivity index (χ4v) is 2.81. The second-order valence-corrected chi connectivity index (χ2v) is 5.95. The quantitative estimate of drug-likeness (QED) is 0.808. The first kappa shape index (κ1) is 15.9. The summed E-state index contributed by atoms with van der Waals surface area (Å²) in [7, 11) is 0. The predicted molar refractivity (Wildman–Crippen MR) is 81.6 cm³/mol. The molecule has 0 aromatic heterocycles. The fraction of sp³-hybridized carbons (Fsp3) is 0.533. The molecule has 0 fully saturated rings. The van der Waals surface area contributed by atoms with Gasteiger partial charge in [-0.1, -0.05) is 32.0 Å². The second kappa shape index (κ2) is 7.43. The van der Waals surface area contributed by atoms with E-state index in [4.69, 9.17) is 0 Å². The zero-order valence-electron chi connectivity index (χ0n) is 11.9. The number of thioether (sulfide) groups is 1. The highest BCUT2D eigenvalue weighted by molar-refractivity contribution is 8.00. The molecule has 3 nitrogen and oxygen atoms in total. The molecule has 0 bridgehead atoms. The SMILES string of the molecule is CCC(CC)(CNC(=O)Cc1ccccc1O)SC. The lowest BCUT2D eigenvalue weighted by Crippen LogP contribution is -2.40. The van der Waals surface area contributed by atoms with Gasteiger partial charge < -0.3 is 10.4 Å². The maximum atomic E-state index is 11.9. The predicted octanol–water partition coefficient (Wildman–Crippen LogP) is 2.97. The maximum absolute atomic E-state index is 11.9. The Labute approximate surface area is 119 Å². The van der Waals surface area contributed by atoms with E-state index in [1.54, 1.807) is 30.0 Å². The van der Waals surface area contributed by atoms with Crippen molar-refractivity contribution in [3.63, 3.8) is 0 Å². The Morgan fingerprint density at radius 3 is 2.47 bits per heavy atom. The smallest absolute Gasteiger partial charge is 0.224 e. The summed E-state index contributed by atoms with van der Waals surface area (Å²) < 4.78 is 0.119. The van der Waals surface area contributed by atoms with Gasteiger partial charge in [-0.05, 0) is 25.2 Å². The van der Waals surface area contributed by atoms with Crippen LogP contribution in [0.5, 0.6) is 5.75 Å². The molecule has 1 aromatic carbocycles. The van der Waals surface area contributed by atoms with E-state index in [9.17, 15) is 9.90 Å². The van der Waals surface area contributed by atoms with Gasteiger partial charge in [0.1, 0.15) is 5.75 Å². The van der Waals surface area contributed by atoms with Crippen molar-refractivity contribution in [3.05, 3.63) is 29.8 Å². The van der Waals surface area contributed by atoms with Crippen LogP contribution in [0.4, 0.5) is 0 Å². The highest BCUT2D eigenvalue weighted by Crippen LogP contribution is 2.29. The topological polar surface area (TPSA) is 49.3 Å². The van der Waals surface area contributed by atoms with Crippen molar-refractivity contribution in [2.45, 2.75) is 37.9 Å². The number of rotatable bonds is 7. The highest BCUT2D eigenvalue weighted by atomic mass is 32.2. The van der Waals surface area contributed by atoms with Crippen molar-refractivity contribution in [1.82, 2.24) is 5.32 Å². The molecule has 0 spiro atoms. The second-order valence-electron chi connectivity index (χ2n) is 4.68. The molecule has 1 amide bonds. The number of benzene rings is 1. The number of phenols is 1. The van der Waals surface area contributed by atoms with Crippen molar-refractivity contribution < 1.29 is 9.90 Å². The number of aromatic hydroxyl groups is 1. The third-order valence-corrected chi connectivity index (χ3v) is 5.26. The van der Waals surface area contributed by atoms with Crippen LogP contribution in [0.25, 0.3) is 0 Å². The van der Waals surface area contributed by atoms with E-state index in [1.165, 1.54) is 0 Å². The molecule has 0 atom stereocenters. The van der Waals surface area contributed by atoms with Gasteiger partial charge in [-0.3, -0.25) is 4.79 Å². The zero-order chi connectivity index (χ0) is 14.3. The van der Waals surface area contributed by atoms with Gasteiger partial charge in [-0.15, -0.1) is 0 Å². The molecule has 1 rings (SSSR count). The number of carbonyl (C=O) groups excluding carboxylic acids is 1. The van der Waals surface area contributed by atoms with Gasteiger partial charge in [-0.25, -0.2) is 0 Å². The van der Waals surface area contributed by atoms with E-state index >= 15 is 0 Å². The standard InChI is InChI=1S/C15H23NO2S/c1-4-15(5-2,19-3)11-16-14(18)10-12-8-6-7-9-13(12)17/h6-9,17H,4-5,10-11H2,1-3H3,(H,16,18). The summed E-state index contributed by atoms with van der Waals surface area (Å²) in [6, 6.07) is 6.96. The van der Waals surface area contributed by atoms with E-state index in [1.807, 2.05) is 6.07 Å². The van der Waals surface area contributed by atoms with Gasteiger partial charge >= 0.3 is 0 Å². The summed E-state index contributed by atoms with van der Waals surface area (Å²) in [6.45, 7) is 4.97. The van der Waals surface area contributed by atoms with Crippen molar-refractivity contribution in [3.8, 4) is 5.75 Å². The summed E-state index contributed by atoms with van der Waals surface area (Å²) >= 11 is 1.80. The van der Waals surface area contributed by atoms with Crippen molar-refractivity contribution in [2.75, 3.05) is 12.8 Å². The monoisotopic (exact) mass is 281 g/mol. The number of phenolic OH excluding ortho intramolecular Hbond substituents is 1. The number of hydrogen-bond acceptors (Lipinski definition) is 3. The summed E-state index contributed by atoms with van der Waals surface area (Å²) in [5.74, 6) is 0.140. The van der Waals surface area contributed by atoms with Gasteiger partial charge in [0, 0.05) is 16.9 Å². The normalized spacial score (nSPS) is 11.3. The number of amides is 1. The molecule has 1 aromatic rings. The molecule has 0 radical (unpaired) electrons. The van der Waals surface area contributed by atoms with Crippen LogP contribution in [0.15, 0.2) is 24.3 Å². The number of para-hydroxylation sites is 1. The largest absolute Gasteiger partial charge is 0.508 e.